The van der Waals surface area contributed by atoms with Gasteiger partial charge in [-0.05, 0) is 37.3 Å². The molecule has 0 spiro atoms. The number of allylic oxidation sites excluding steroid dienone is 1. The molecule has 0 unspecified atom stereocenters. The zero-order chi connectivity index (χ0) is 25.1. The number of hydrogen-bond donors (Lipinski definition) is 2. The molecular formula is C29H55NO3S. The Bertz CT molecular complexity index is 496. The molecule has 0 aliphatic rings. The monoisotopic (exact) mass is 497 g/mol. The van der Waals surface area contributed by atoms with Gasteiger partial charge in [0.1, 0.15) is 6.04 Å². The van der Waals surface area contributed by atoms with E-state index in [1.165, 1.54) is 122 Å². The van der Waals surface area contributed by atoms with Crippen LogP contribution in [0.15, 0.2) is 12.2 Å². The zero-order valence-corrected chi connectivity index (χ0v) is 23.3. The molecule has 5 heteroatoms. The highest BCUT2D eigenvalue weighted by molar-refractivity contribution is 7.98. The Hall–Kier alpha value is -0.970. The largest absolute Gasteiger partial charge is 0.480 e. The minimum Gasteiger partial charge on any atom is -0.480 e. The summed E-state index contributed by atoms with van der Waals surface area (Å²) < 4.78 is 0. The topological polar surface area (TPSA) is 66.4 Å². The fraction of sp³-hybridized carbons (Fsp3) is 0.862. The molecule has 200 valence electrons. The summed E-state index contributed by atoms with van der Waals surface area (Å²) in [7, 11) is 0. The van der Waals surface area contributed by atoms with Gasteiger partial charge in [0, 0.05) is 0 Å². The fourth-order valence-electron chi connectivity index (χ4n) is 4.24. The highest BCUT2D eigenvalue weighted by Crippen LogP contribution is 2.15. The molecule has 1 amide bonds. The van der Waals surface area contributed by atoms with Gasteiger partial charge in [-0.15, -0.1) is 0 Å². The van der Waals surface area contributed by atoms with Gasteiger partial charge in [0.05, 0.1) is 0 Å². The molecule has 1 atom stereocenters. The Balaban J connectivity index is 3.36. The minimum atomic E-state index is -0.963. The van der Waals surface area contributed by atoms with Crippen LogP contribution in [0.1, 0.15) is 142 Å². The molecule has 0 radical (unpaired) electrons. The third-order valence-electron chi connectivity index (χ3n) is 6.47. The number of carboxylic acids is 1. The van der Waals surface area contributed by atoms with Crippen LogP contribution < -0.4 is 5.32 Å². The number of carbonyl (C=O) groups is 2. The van der Waals surface area contributed by atoms with Gasteiger partial charge in [-0.1, -0.05) is 129 Å². The number of hydrogen-bond acceptors (Lipinski definition) is 3. The second-order valence-electron chi connectivity index (χ2n) is 9.74. The van der Waals surface area contributed by atoms with Crippen molar-refractivity contribution in [3.05, 3.63) is 12.2 Å². The van der Waals surface area contributed by atoms with Crippen LogP contribution in [0.4, 0.5) is 0 Å². The predicted molar refractivity (Wildman–Crippen MR) is 150 cm³/mol. The first-order valence-electron chi connectivity index (χ1n) is 14.3. The number of nitrogens with one attached hydrogen (secondary N) is 1. The third kappa shape index (κ3) is 24.2. The summed E-state index contributed by atoms with van der Waals surface area (Å²) in [5, 5.41) is 11.7. The lowest BCUT2D eigenvalue weighted by atomic mass is 10.0. The number of amides is 1. The summed E-state index contributed by atoms with van der Waals surface area (Å²) >= 11 is 1.58. The Kier molecular flexibility index (Phi) is 25.9. The molecule has 4 nitrogen and oxygen atoms in total. The van der Waals surface area contributed by atoms with Crippen LogP contribution in [-0.2, 0) is 9.59 Å². The summed E-state index contributed by atoms with van der Waals surface area (Å²) in [5.41, 5.74) is 0. The lowest BCUT2D eigenvalue weighted by Gasteiger charge is -2.12. The van der Waals surface area contributed by atoms with Gasteiger partial charge in [-0.25, -0.2) is 4.79 Å². The minimum absolute atomic E-state index is 0.300. The van der Waals surface area contributed by atoms with E-state index in [1.807, 2.05) is 12.3 Å². The summed E-state index contributed by atoms with van der Waals surface area (Å²) in [6.07, 6.45) is 32.7. The molecule has 0 aliphatic carbocycles. The lowest BCUT2D eigenvalue weighted by molar-refractivity contribution is -0.141. The molecule has 0 aliphatic heterocycles. The number of carbonyl (C=O) groups excluding carboxylic acids is 1. The second kappa shape index (κ2) is 26.6. The summed E-state index contributed by atoms with van der Waals surface area (Å²) in [6.45, 7) is 2.28. The zero-order valence-electron chi connectivity index (χ0n) is 22.5. The van der Waals surface area contributed by atoms with Crippen molar-refractivity contribution >= 4 is 23.6 Å². The number of carboxylic acid groups (broad SMARTS) is 1. The van der Waals surface area contributed by atoms with E-state index in [-0.39, 0.29) is 5.91 Å². The van der Waals surface area contributed by atoms with Crippen molar-refractivity contribution in [3.63, 3.8) is 0 Å². The number of aliphatic carboxylic acids is 1. The maximum Gasteiger partial charge on any atom is 0.326 e. The summed E-state index contributed by atoms with van der Waals surface area (Å²) in [6, 6.07) is -0.792. The standard InChI is InChI=1S/C29H55NO3S/c1-3-4-5-6-7-8-9-10-11-12-13-14-15-16-17-18-19-20-21-22-23-24-28(31)30-27(29(32)33)25-26-34-2/h23-24,27H,3-22,25-26H2,1-2H3,(H,30,31)(H,32,33)/t27-/m0/s1. The van der Waals surface area contributed by atoms with Gasteiger partial charge < -0.3 is 10.4 Å². The van der Waals surface area contributed by atoms with Gasteiger partial charge in [0.25, 0.3) is 0 Å². The SMILES string of the molecule is CCCCCCCCCCCCCCCCCCCCCC=CC(=O)N[C@@H](CCSC)C(=O)O. The Morgan fingerprint density at radius 3 is 1.53 bits per heavy atom. The van der Waals surface area contributed by atoms with Crippen LogP contribution in [-0.4, -0.2) is 35.0 Å². The van der Waals surface area contributed by atoms with Crippen molar-refractivity contribution in [3.8, 4) is 0 Å². The maximum atomic E-state index is 11.9. The Morgan fingerprint density at radius 1 is 0.735 bits per heavy atom. The second-order valence-corrected chi connectivity index (χ2v) is 10.7. The molecular weight excluding hydrogens is 442 g/mol. The van der Waals surface area contributed by atoms with Crippen molar-refractivity contribution in [2.75, 3.05) is 12.0 Å². The first-order valence-corrected chi connectivity index (χ1v) is 15.7. The van der Waals surface area contributed by atoms with Crippen molar-refractivity contribution in [1.29, 1.82) is 0 Å². The maximum absolute atomic E-state index is 11.9. The third-order valence-corrected chi connectivity index (χ3v) is 7.11. The molecule has 0 rings (SSSR count). The molecule has 0 aromatic rings. The van der Waals surface area contributed by atoms with Crippen LogP contribution in [0.5, 0.6) is 0 Å². The van der Waals surface area contributed by atoms with Crippen molar-refractivity contribution in [1.82, 2.24) is 5.32 Å². The number of rotatable bonds is 26. The van der Waals surface area contributed by atoms with Crippen LogP contribution in [0, 0.1) is 0 Å². The molecule has 0 heterocycles. The van der Waals surface area contributed by atoms with Crippen molar-refractivity contribution in [2.24, 2.45) is 0 Å². The molecule has 0 saturated heterocycles. The Morgan fingerprint density at radius 2 is 1.15 bits per heavy atom. The molecule has 0 fully saturated rings. The van der Waals surface area contributed by atoms with E-state index in [4.69, 9.17) is 5.11 Å². The van der Waals surface area contributed by atoms with Crippen molar-refractivity contribution in [2.45, 2.75) is 148 Å². The summed E-state index contributed by atoms with van der Waals surface area (Å²) in [5.74, 6) is -0.541. The lowest BCUT2D eigenvalue weighted by Crippen LogP contribution is -2.40. The quantitative estimate of drug-likeness (QED) is 0.0926. The highest BCUT2D eigenvalue weighted by Gasteiger charge is 2.17. The van der Waals surface area contributed by atoms with Gasteiger partial charge in [0.15, 0.2) is 0 Å². The number of thioether (sulfide) groups is 1. The van der Waals surface area contributed by atoms with E-state index < -0.39 is 12.0 Å². The first-order chi connectivity index (χ1) is 16.6. The molecule has 2 N–H and O–H groups in total. The smallest absolute Gasteiger partial charge is 0.326 e. The fourth-order valence-corrected chi connectivity index (χ4v) is 4.72. The molecule has 0 aromatic carbocycles. The van der Waals surface area contributed by atoms with Crippen LogP contribution in [0.3, 0.4) is 0 Å². The predicted octanol–water partition coefficient (Wildman–Crippen LogP) is 8.69. The van der Waals surface area contributed by atoms with E-state index in [2.05, 4.69) is 12.2 Å². The van der Waals surface area contributed by atoms with Gasteiger partial charge in [-0.2, -0.15) is 11.8 Å². The molecule has 0 bridgehead atoms. The van der Waals surface area contributed by atoms with Gasteiger partial charge >= 0.3 is 5.97 Å². The van der Waals surface area contributed by atoms with E-state index in [0.717, 1.165) is 18.6 Å². The van der Waals surface area contributed by atoms with Gasteiger partial charge in [0.2, 0.25) is 5.91 Å². The summed E-state index contributed by atoms with van der Waals surface area (Å²) in [4.78, 5) is 23.0. The average Bonchev–Trinajstić information content (AvgIpc) is 2.82. The molecule has 0 saturated carbocycles. The molecule has 34 heavy (non-hydrogen) atoms. The van der Waals surface area contributed by atoms with E-state index in [0.29, 0.717) is 6.42 Å². The van der Waals surface area contributed by atoms with E-state index in [1.54, 1.807) is 11.8 Å². The average molecular weight is 498 g/mol. The van der Waals surface area contributed by atoms with Crippen molar-refractivity contribution < 1.29 is 14.7 Å². The molecule has 0 aromatic heterocycles. The van der Waals surface area contributed by atoms with E-state index in [9.17, 15) is 9.59 Å². The van der Waals surface area contributed by atoms with Crippen LogP contribution in [0.2, 0.25) is 0 Å². The van der Waals surface area contributed by atoms with E-state index >= 15 is 0 Å². The Labute approximate surface area is 215 Å². The van der Waals surface area contributed by atoms with Crippen LogP contribution >= 0.6 is 11.8 Å². The highest BCUT2D eigenvalue weighted by atomic mass is 32.2. The normalized spacial score (nSPS) is 12.3. The first kappa shape index (κ1) is 33.0. The van der Waals surface area contributed by atoms with Crippen LogP contribution in [0.25, 0.3) is 0 Å². The number of unbranched alkanes of at least 4 members (excludes halogenated alkanes) is 19. The van der Waals surface area contributed by atoms with Gasteiger partial charge in [-0.3, -0.25) is 4.79 Å².